The van der Waals surface area contributed by atoms with Crippen molar-refractivity contribution < 1.29 is 14.0 Å². The minimum absolute atomic E-state index is 0.0261. The molecule has 0 atom stereocenters. The van der Waals surface area contributed by atoms with E-state index < -0.39 is 0 Å². The summed E-state index contributed by atoms with van der Waals surface area (Å²) < 4.78 is 14.9. The number of anilines is 1. The van der Waals surface area contributed by atoms with Gasteiger partial charge >= 0.3 is 0 Å². The molecular weight excluding hydrogens is 371 g/mol. The Morgan fingerprint density at radius 1 is 1.07 bits per heavy atom. The SMILES string of the molecule is CNC(=O)Cc1ccc(NC(=O)c2cnn(-c3ccc(F)cc3)c2C(C)C)cc1. The Morgan fingerprint density at radius 2 is 1.72 bits per heavy atom. The van der Waals surface area contributed by atoms with Gasteiger partial charge in [-0.25, -0.2) is 9.07 Å². The van der Waals surface area contributed by atoms with Crippen LogP contribution in [0.15, 0.2) is 54.7 Å². The summed E-state index contributed by atoms with van der Waals surface area (Å²) in [6, 6.07) is 13.1. The summed E-state index contributed by atoms with van der Waals surface area (Å²) in [6.07, 6.45) is 1.81. The Labute approximate surface area is 168 Å². The van der Waals surface area contributed by atoms with Crippen LogP contribution in [0.4, 0.5) is 10.1 Å². The van der Waals surface area contributed by atoms with Gasteiger partial charge in [0.2, 0.25) is 5.91 Å². The smallest absolute Gasteiger partial charge is 0.259 e. The number of halogens is 1. The summed E-state index contributed by atoms with van der Waals surface area (Å²) in [6.45, 7) is 3.95. The van der Waals surface area contributed by atoms with Gasteiger partial charge in [-0.2, -0.15) is 5.10 Å². The molecule has 2 N–H and O–H groups in total. The van der Waals surface area contributed by atoms with Crippen LogP contribution in [0.5, 0.6) is 0 Å². The number of hydrogen-bond acceptors (Lipinski definition) is 3. The molecule has 0 aliphatic rings. The first kappa shape index (κ1) is 20.3. The minimum Gasteiger partial charge on any atom is -0.359 e. The average molecular weight is 394 g/mol. The van der Waals surface area contributed by atoms with Crippen LogP contribution in [-0.2, 0) is 11.2 Å². The number of benzene rings is 2. The van der Waals surface area contributed by atoms with Crippen molar-refractivity contribution in [3.8, 4) is 5.69 Å². The molecule has 0 spiro atoms. The van der Waals surface area contributed by atoms with Gasteiger partial charge in [0.05, 0.1) is 29.6 Å². The van der Waals surface area contributed by atoms with Crippen molar-refractivity contribution >= 4 is 17.5 Å². The number of carbonyl (C=O) groups excluding carboxylic acids is 2. The van der Waals surface area contributed by atoms with E-state index in [0.717, 1.165) is 11.3 Å². The number of aromatic nitrogens is 2. The number of rotatable bonds is 6. The molecule has 3 aromatic rings. The molecule has 6 nitrogen and oxygen atoms in total. The maximum Gasteiger partial charge on any atom is 0.259 e. The van der Waals surface area contributed by atoms with Gasteiger partial charge < -0.3 is 10.6 Å². The van der Waals surface area contributed by atoms with Crippen molar-refractivity contribution in [1.82, 2.24) is 15.1 Å². The second kappa shape index (κ2) is 8.68. The van der Waals surface area contributed by atoms with Gasteiger partial charge in [0.25, 0.3) is 5.91 Å². The number of carbonyl (C=O) groups is 2. The summed E-state index contributed by atoms with van der Waals surface area (Å²) in [4.78, 5) is 24.3. The highest BCUT2D eigenvalue weighted by molar-refractivity contribution is 6.05. The van der Waals surface area contributed by atoms with Gasteiger partial charge in [-0.05, 0) is 47.9 Å². The third-order valence-corrected chi connectivity index (χ3v) is 4.52. The third kappa shape index (κ3) is 4.68. The highest BCUT2D eigenvalue weighted by Gasteiger charge is 2.21. The predicted molar refractivity (Wildman–Crippen MR) is 110 cm³/mol. The lowest BCUT2D eigenvalue weighted by Gasteiger charge is -2.13. The van der Waals surface area contributed by atoms with E-state index in [4.69, 9.17) is 0 Å². The summed E-state index contributed by atoms with van der Waals surface area (Å²) in [7, 11) is 1.59. The highest BCUT2D eigenvalue weighted by Crippen LogP contribution is 2.24. The first-order valence-electron chi connectivity index (χ1n) is 9.33. The average Bonchev–Trinajstić information content (AvgIpc) is 3.15. The van der Waals surface area contributed by atoms with Crippen molar-refractivity contribution in [2.45, 2.75) is 26.2 Å². The largest absolute Gasteiger partial charge is 0.359 e. The zero-order valence-electron chi connectivity index (χ0n) is 16.6. The lowest BCUT2D eigenvalue weighted by molar-refractivity contribution is -0.119. The zero-order chi connectivity index (χ0) is 21.0. The van der Waals surface area contributed by atoms with Gasteiger partial charge in [-0.1, -0.05) is 26.0 Å². The van der Waals surface area contributed by atoms with E-state index >= 15 is 0 Å². The standard InChI is InChI=1S/C22H23FN4O2/c1-14(2)21-19(13-25-27(21)18-10-6-16(23)7-11-18)22(29)26-17-8-4-15(5-9-17)12-20(28)24-3/h4-11,13-14H,12H2,1-3H3,(H,24,28)(H,26,29). The molecule has 1 heterocycles. The van der Waals surface area contributed by atoms with E-state index in [1.165, 1.54) is 18.3 Å². The molecule has 2 aromatic carbocycles. The van der Waals surface area contributed by atoms with Gasteiger partial charge in [-0.3, -0.25) is 9.59 Å². The van der Waals surface area contributed by atoms with E-state index in [-0.39, 0.29) is 30.0 Å². The molecule has 150 valence electrons. The molecule has 0 radical (unpaired) electrons. The molecule has 0 aliphatic carbocycles. The van der Waals surface area contributed by atoms with Crippen LogP contribution < -0.4 is 10.6 Å². The van der Waals surface area contributed by atoms with Crippen molar-refractivity contribution in [3.63, 3.8) is 0 Å². The van der Waals surface area contributed by atoms with Crippen LogP contribution in [0, 0.1) is 5.82 Å². The fourth-order valence-corrected chi connectivity index (χ4v) is 3.05. The molecule has 7 heteroatoms. The summed E-state index contributed by atoms with van der Waals surface area (Å²) in [5, 5.41) is 9.79. The van der Waals surface area contributed by atoms with Crippen LogP contribution >= 0.6 is 0 Å². The van der Waals surface area contributed by atoms with Gasteiger partial charge in [0.1, 0.15) is 5.82 Å². The summed E-state index contributed by atoms with van der Waals surface area (Å²) >= 11 is 0. The Bertz CT molecular complexity index is 1010. The molecule has 0 aliphatic heterocycles. The molecule has 0 fully saturated rings. The number of hydrogen-bond donors (Lipinski definition) is 2. The van der Waals surface area contributed by atoms with Crippen molar-refractivity contribution in [2.75, 3.05) is 12.4 Å². The third-order valence-electron chi connectivity index (χ3n) is 4.52. The van der Waals surface area contributed by atoms with Crippen LogP contribution in [0.3, 0.4) is 0 Å². The molecular formula is C22H23FN4O2. The van der Waals surface area contributed by atoms with Gasteiger partial charge in [0.15, 0.2) is 0 Å². The van der Waals surface area contributed by atoms with Gasteiger partial charge in [0, 0.05) is 12.7 Å². The molecule has 0 saturated heterocycles. The summed E-state index contributed by atoms with van der Waals surface area (Å²) in [5.41, 5.74) is 3.37. The molecule has 3 rings (SSSR count). The minimum atomic E-state index is -0.329. The normalized spacial score (nSPS) is 10.8. The first-order valence-corrected chi connectivity index (χ1v) is 9.33. The number of nitrogens with zero attached hydrogens (tertiary/aromatic N) is 2. The molecule has 2 amide bonds. The van der Waals surface area contributed by atoms with Crippen LogP contribution in [-0.4, -0.2) is 28.6 Å². The Hall–Kier alpha value is -3.48. The summed E-state index contributed by atoms with van der Waals surface area (Å²) in [5.74, 6) is -0.652. The fraction of sp³-hybridized carbons (Fsp3) is 0.227. The molecule has 1 aromatic heterocycles. The zero-order valence-corrected chi connectivity index (χ0v) is 16.6. The topological polar surface area (TPSA) is 76.0 Å². The first-order chi connectivity index (χ1) is 13.9. The predicted octanol–water partition coefficient (Wildman–Crippen LogP) is 3.68. The van der Waals surface area contributed by atoms with Crippen molar-refractivity contribution in [3.05, 3.63) is 77.4 Å². The number of likely N-dealkylation sites (N-methyl/N-ethyl adjacent to an activating group) is 1. The molecule has 0 unspecified atom stereocenters. The number of nitrogens with one attached hydrogen (secondary N) is 2. The van der Waals surface area contributed by atoms with Crippen molar-refractivity contribution in [1.29, 1.82) is 0 Å². The maximum atomic E-state index is 13.2. The van der Waals surface area contributed by atoms with E-state index in [0.29, 0.717) is 16.9 Å². The molecule has 29 heavy (non-hydrogen) atoms. The van der Waals surface area contributed by atoms with E-state index in [2.05, 4.69) is 15.7 Å². The number of amides is 2. The highest BCUT2D eigenvalue weighted by atomic mass is 19.1. The van der Waals surface area contributed by atoms with E-state index in [1.54, 1.807) is 48.1 Å². The Balaban J connectivity index is 1.82. The second-order valence-electron chi connectivity index (χ2n) is 6.99. The maximum absolute atomic E-state index is 13.2. The monoisotopic (exact) mass is 394 g/mol. The second-order valence-corrected chi connectivity index (χ2v) is 6.99. The molecule has 0 saturated carbocycles. The Kier molecular flexibility index (Phi) is 6.07. The van der Waals surface area contributed by atoms with E-state index in [9.17, 15) is 14.0 Å². The molecule has 0 bridgehead atoms. The quantitative estimate of drug-likeness (QED) is 0.670. The van der Waals surface area contributed by atoms with E-state index in [1.807, 2.05) is 13.8 Å². The van der Waals surface area contributed by atoms with Crippen LogP contribution in [0.2, 0.25) is 0 Å². The van der Waals surface area contributed by atoms with Gasteiger partial charge in [-0.15, -0.1) is 0 Å². The Morgan fingerprint density at radius 3 is 2.31 bits per heavy atom. The van der Waals surface area contributed by atoms with Crippen LogP contribution in [0.1, 0.15) is 41.4 Å². The lowest BCUT2D eigenvalue weighted by atomic mass is 10.0. The van der Waals surface area contributed by atoms with Crippen molar-refractivity contribution in [2.24, 2.45) is 0 Å². The fourth-order valence-electron chi connectivity index (χ4n) is 3.05. The van der Waals surface area contributed by atoms with Crippen LogP contribution in [0.25, 0.3) is 5.69 Å². The lowest BCUT2D eigenvalue weighted by Crippen LogP contribution is -2.20.